The lowest BCUT2D eigenvalue weighted by atomic mass is 10.3. The van der Waals surface area contributed by atoms with Crippen molar-refractivity contribution in [2.45, 2.75) is 0 Å². The van der Waals surface area contributed by atoms with E-state index in [0.29, 0.717) is 4.47 Å². The molecule has 0 aliphatic heterocycles. The van der Waals surface area contributed by atoms with Gasteiger partial charge in [0, 0.05) is 0 Å². The SMILES string of the molecule is O=C(CS(=O)(=O)O)Oc1ccccc1Br. The van der Waals surface area contributed by atoms with Crippen LogP contribution in [0, 0.1) is 0 Å². The second kappa shape index (κ2) is 4.73. The summed E-state index contributed by atoms with van der Waals surface area (Å²) in [5.41, 5.74) is 0. The van der Waals surface area contributed by atoms with Crippen molar-refractivity contribution in [2.75, 3.05) is 5.75 Å². The molecule has 0 bridgehead atoms. The molecular formula is C8H7BrO5S. The molecule has 0 atom stereocenters. The Kier molecular flexibility index (Phi) is 3.83. The van der Waals surface area contributed by atoms with Crippen LogP contribution in [0.4, 0.5) is 0 Å². The molecule has 0 unspecified atom stereocenters. The Morgan fingerprint density at radius 1 is 1.40 bits per heavy atom. The number of ether oxygens (including phenoxy) is 1. The first-order valence-corrected chi connectivity index (χ1v) is 6.19. The maximum absolute atomic E-state index is 11.0. The van der Waals surface area contributed by atoms with E-state index in [2.05, 4.69) is 15.9 Å². The van der Waals surface area contributed by atoms with Crippen LogP contribution in [0.3, 0.4) is 0 Å². The minimum atomic E-state index is -4.35. The van der Waals surface area contributed by atoms with Crippen LogP contribution in [-0.4, -0.2) is 24.7 Å². The number of esters is 1. The van der Waals surface area contributed by atoms with Gasteiger partial charge in [-0.15, -0.1) is 0 Å². The first-order chi connectivity index (χ1) is 6.88. The van der Waals surface area contributed by atoms with Crippen LogP contribution in [0.1, 0.15) is 0 Å². The van der Waals surface area contributed by atoms with Crippen LogP contribution in [0.25, 0.3) is 0 Å². The number of hydrogen-bond donors (Lipinski definition) is 1. The minimum absolute atomic E-state index is 0.200. The van der Waals surface area contributed by atoms with E-state index in [1.807, 2.05) is 0 Å². The number of halogens is 1. The van der Waals surface area contributed by atoms with E-state index in [-0.39, 0.29) is 5.75 Å². The number of benzene rings is 1. The van der Waals surface area contributed by atoms with E-state index in [4.69, 9.17) is 9.29 Å². The van der Waals surface area contributed by atoms with Crippen LogP contribution in [0.5, 0.6) is 5.75 Å². The fraction of sp³-hybridized carbons (Fsp3) is 0.125. The van der Waals surface area contributed by atoms with Crippen molar-refractivity contribution >= 4 is 32.0 Å². The summed E-state index contributed by atoms with van der Waals surface area (Å²) in [5, 5.41) is 0. The molecule has 0 fully saturated rings. The number of rotatable bonds is 3. The quantitative estimate of drug-likeness (QED) is 0.515. The summed E-state index contributed by atoms with van der Waals surface area (Å²) < 4.78 is 34.3. The Morgan fingerprint density at radius 2 is 2.00 bits per heavy atom. The third-order valence-corrected chi connectivity index (χ3v) is 2.62. The van der Waals surface area contributed by atoms with E-state index in [1.54, 1.807) is 18.2 Å². The molecule has 0 heterocycles. The number of hydrogen-bond acceptors (Lipinski definition) is 4. The third-order valence-electron chi connectivity index (χ3n) is 1.36. The molecule has 1 N–H and O–H groups in total. The zero-order valence-corrected chi connectivity index (χ0v) is 9.79. The van der Waals surface area contributed by atoms with E-state index < -0.39 is 21.8 Å². The fourth-order valence-electron chi connectivity index (χ4n) is 0.829. The second-order valence-corrected chi connectivity index (χ2v) is 4.94. The van der Waals surface area contributed by atoms with Gasteiger partial charge in [-0.1, -0.05) is 12.1 Å². The lowest BCUT2D eigenvalue weighted by molar-refractivity contribution is -0.131. The zero-order valence-electron chi connectivity index (χ0n) is 7.38. The largest absolute Gasteiger partial charge is 0.425 e. The average Bonchev–Trinajstić information content (AvgIpc) is 2.05. The standard InChI is InChI=1S/C8H7BrO5S/c9-6-3-1-2-4-7(6)14-8(10)5-15(11,12)13/h1-4H,5H2,(H,11,12,13). The van der Waals surface area contributed by atoms with Crippen LogP contribution in [0.2, 0.25) is 0 Å². The highest BCUT2D eigenvalue weighted by molar-refractivity contribution is 9.10. The molecule has 82 valence electrons. The van der Waals surface area contributed by atoms with Crippen molar-refractivity contribution in [1.82, 2.24) is 0 Å². The molecule has 0 saturated carbocycles. The number of carbonyl (C=O) groups is 1. The van der Waals surface area contributed by atoms with Crippen LogP contribution in [-0.2, 0) is 14.9 Å². The maximum atomic E-state index is 11.0. The summed E-state index contributed by atoms with van der Waals surface area (Å²) in [6, 6.07) is 6.47. The van der Waals surface area contributed by atoms with Gasteiger partial charge in [0.1, 0.15) is 5.75 Å². The molecule has 0 spiro atoms. The summed E-state index contributed by atoms with van der Waals surface area (Å²) in [6.07, 6.45) is 0. The van der Waals surface area contributed by atoms with Crippen molar-refractivity contribution in [3.8, 4) is 5.75 Å². The van der Waals surface area contributed by atoms with Crippen LogP contribution < -0.4 is 4.74 Å². The van der Waals surface area contributed by atoms with E-state index in [1.165, 1.54) is 6.07 Å². The molecule has 0 saturated heterocycles. The van der Waals surface area contributed by atoms with Crippen molar-refractivity contribution in [3.63, 3.8) is 0 Å². The molecule has 1 rings (SSSR count). The lowest BCUT2D eigenvalue weighted by Crippen LogP contribution is -2.20. The Balaban J connectivity index is 2.72. The lowest BCUT2D eigenvalue weighted by Gasteiger charge is -2.04. The summed E-state index contributed by atoms with van der Waals surface area (Å²) in [6.45, 7) is 0. The van der Waals surface area contributed by atoms with Gasteiger partial charge in [0.05, 0.1) is 4.47 Å². The summed E-state index contributed by atoms with van der Waals surface area (Å²) >= 11 is 3.12. The highest BCUT2D eigenvalue weighted by Gasteiger charge is 2.15. The van der Waals surface area contributed by atoms with E-state index in [9.17, 15) is 13.2 Å². The monoisotopic (exact) mass is 294 g/mol. The van der Waals surface area contributed by atoms with Crippen molar-refractivity contribution in [1.29, 1.82) is 0 Å². The predicted molar refractivity (Wildman–Crippen MR) is 56.2 cm³/mol. The molecule has 1 aromatic carbocycles. The van der Waals surface area contributed by atoms with Gasteiger partial charge in [-0.3, -0.25) is 9.35 Å². The summed E-state index contributed by atoms with van der Waals surface area (Å²) in [4.78, 5) is 11.0. The Labute approximate surface area is 94.9 Å². The van der Waals surface area contributed by atoms with Gasteiger partial charge in [0.15, 0.2) is 5.75 Å². The highest BCUT2D eigenvalue weighted by Crippen LogP contribution is 2.23. The normalized spacial score (nSPS) is 11.1. The summed E-state index contributed by atoms with van der Waals surface area (Å²) in [5.74, 6) is -1.90. The van der Waals surface area contributed by atoms with Gasteiger partial charge in [0.2, 0.25) is 0 Å². The fourth-order valence-corrected chi connectivity index (χ4v) is 1.55. The van der Waals surface area contributed by atoms with Gasteiger partial charge in [0.25, 0.3) is 10.1 Å². The van der Waals surface area contributed by atoms with Gasteiger partial charge >= 0.3 is 5.97 Å². The van der Waals surface area contributed by atoms with E-state index in [0.717, 1.165) is 0 Å². The molecule has 1 aromatic rings. The molecule has 0 amide bonds. The third kappa shape index (κ3) is 4.41. The summed E-state index contributed by atoms with van der Waals surface area (Å²) in [7, 11) is -4.35. The second-order valence-electron chi connectivity index (χ2n) is 2.63. The molecule has 5 nitrogen and oxygen atoms in total. The Morgan fingerprint density at radius 3 is 2.53 bits per heavy atom. The van der Waals surface area contributed by atoms with Gasteiger partial charge in [-0.05, 0) is 28.1 Å². The molecule has 7 heteroatoms. The topological polar surface area (TPSA) is 80.7 Å². The van der Waals surface area contributed by atoms with Crippen molar-refractivity contribution in [3.05, 3.63) is 28.7 Å². The molecule has 0 aromatic heterocycles. The van der Waals surface area contributed by atoms with Crippen molar-refractivity contribution < 1.29 is 22.5 Å². The van der Waals surface area contributed by atoms with Crippen LogP contribution in [0.15, 0.2) is 28.7 Å². The molecule has 15 heavy (non-hydrogen) atoms. The average molecular weight is 295 g/mol. The number of para-hydroxylation sites is 1. The smallest absolute Gasteiger partial charge is 0.329 e. The van der Waals surface area contributed by atoms with E-state index >= 15 is 0 Å². The molecule has 0 radical (unpaired) electrons. The van der Waals surface area contributed by atoms with Gasteiger partial charge in [-0.25, -0.2) is 0 Å². The first kappa shape index (κ1) is 12.2. The highest BCUT2D eigenvalue weighted by atomic mass is 79.9. The Hall–Kier alpha value is -0.920. The van der Waals surface area contributed by atoms with Gasteiger partial charge in [-0.2, -0.15) is 8.42 Å². The first-order valence-electron chi connectivity index (χ1n) is 3.79. The predicted octanol–water partition coefficient (Wildman–Crippen LogP) is 1.24. The number of carbonyl (C=O) groups excluding carboxylic acids is 1. The molecule has 0 aliphatic carbocycles. The van der Waals surface area contributed by atoms with Gasteiger partial charge < -0.3 is 4.74 Å². The van der Waals surface area contributed by atoms with Crippen LogP contribution >= 0.6 is 15.9 Å². The molecule has 0 aliphatic rings. The van der Waals surface area contributed by atoms with Crippen molar-refractivity contribution in [2.24, 2.45) is 0 Å². The Bertz CT molecular complexity index is 468. The maximum Gasteiger partial charge on any atom is 0.329 e. The zero-order chi connectivity index (χ0) is 11.5. The molecular weight excluding hydrogens is 288 g/mol. The minimum Gasteiger partial charge on any atom is -0.425 e.